The van der Waals surface area contributed by atoms with E-state index >= 15 is 0 Å². The molecule has 1 rings (SSSR count). The Kier molecular flexibility index (Phi) is 1.63. The van der Waals surface area contributed by atoms with Gasteiger partial charge in [0.05, 0.1) is 0 Å². The van der Waals surface area contributed by atoms with E-state index in [-0.39, 0.29) is 0 Å². The van der Waals surface area contributed by atoms with Gasteiger partial charge in [0.2, 0.25) is 5.88 Å². The Morgan fingerprint density at radius 3 is 2.89 bits per heavy atom. The fraction of sp³-hybridized carbons (Fsp3) is 0.333. The van der Waals surface area contributed by atoms with Crippen LogP contribution in [0.25, 0.3) is 0 Å². The lowest BCUT2D eigenvalue weighted by Crippen LogP contribution is -1.97. The second-order valence-electron chi connectivity index (χ2n) is 1.92. The Labute approximate surface area is 53.5 Å². The van der Waals surface area contributed by atoms with Crippen LogP contribution < -0.4 is 0 Å². The van der Waals surface area contributed by atoms with E-state index in [1.54, 1.807) is 6.08 Å². The Hall–Kier alpha value is -1.12. The lowest BCUT2D eigenvalue weighted by Gasteiger charge is -2.07. The molecule has 0 spiro atoms. The number of hydrogen-bond acceptors (Lipinski definition) is 3. The molecule has 0 aromatic carbocycles. The lowest BCUT2D eigenvalue weighted by atomic mass is 10.3. The van der Waals surface area contributed by atoms with Gasteiger partial charge in [0, 0.05) is 6.08 Å². The van der Waals surface area contributed by atoms with E-state index in [9.17, 15) is 0 Å². The van der Waals surface area contributed by atoms with Gasteiger partial charge in [0.1, 0.15) is 6.61 Å². The van der Waals surface area contributed by atoms with Gasteiger partial charge in [-0.3, -0.25) is 0 Å². The van der Waals surface area contributed by atoms with Crippen LogP contribution in [-0.4, -0.2) is 6.61 Å². The van der Waals surface area contributed by atoms with Crippen LogP contribution in [0.5, 0.6) is 0 Å². The first kappa shape index (κ1) is 6.01. The van der Waals surface area contributed by atoms with E-state index in [1.165, 1.54) is 0 Å². The molecule has 0 bridgehead atoms. The Morgan fingerprint density at radius 2 is 2.44 bits per heavy atom. The van der Waals surface area contributed by atoms with Gasteiger partial charge in [-0.2, -0.15) is 0 Å². The molecule has 1 aliphatic heterocycles. The SMILES string of the molecule is CC1=CC=C(N=N)OC1. The number of rotatable bonds is 1. The molecule has 0 aliphatic carbocycles. The van der Waals surface area contributed by atoms with Crippen LogP contribution in [-0.2, 0) is 4.74 Å². The topological polar surface area (TPSA) is 45.4 Å². The second-order valence-corrected chi connectivity index (χ2v) is 1.92. The largest absolute Gasteiger partial charge is 0.472 e. The fourth-order valence-corrected chi connectivity index (χ4v) is 0.567. The van der Waals surface area contributed by atoms with Crippen LogP contribution in [0.15, 0.2) is 28.7 Å². The first-order valence-electron chi connectivity index (χ1n) is 2.70. The van der Waals surface area contributed by atoms with E-state index in [2.05, 4.69) is 5.11 Å². The molecule has 0 aromatic heterocycles. The average molecular weight is 124 g/mol. The zero-order chi connectivity index (χ0) is 6.69. The maximum Gasteiger partial charge on any atom is 0.232 e. The second kappa shape index (κ2) is 2.44. The van der Waals surface area contributed by atoms with Crippen LogP contribution in [0, 0.1) is 5.53 Å². The number of nitrogens with zero attached hydrogens (tertiary/aromatic N) is 1. The number of allylic oxidation sites excluding steroid dienone is 2. The highest BCUT2D eigenvalue weighted by Gasteiger charge is 1.99. The summed E-state index contributed by atoms with van der Waals surface area (Å²) in [4.78, 5) is 0. The smallest absolute Gasteiger partial charge is 0.232 e. The Bertz CT molecular complexity index is 181. The summed E-state index contributed by atoms with van der Waals surface area (Å²) in [7, 11) is 0. The molecule has 0 unspecified atom stereocenters. The molecule has 0 radical (unpaired) electrons. The van der Waals surface area contributed by atoms with Crippen molar-refractivity contribution in [3.8, 4) is 0 Å². The summed E-state index contributed by atoms with van der Waals surface area (Å²) < 4.78 is 4.98. The van der Waals surface area contributed by atoms with Gasteiger partial charge < -0.3 is 4.74 Å². The molecule has 0 saturated heterocycles. The third-order valence-electron chi connectivity index (χ3n) is 1.07. The van der Waals surface area contributed by atoms with Crippen molar-refractivity contribution in [1.29, 1.82) is 5.53 Å². The summed E-state index contributed by atoms with van der Waals surface area (Å²) in [5.74, 6) is 0.389. The normalized spacial score (nSPS) is 17.4. The summed E-state index contributed by atoms with van der Waals surface area (Å²) >= 11 is 0. The van der Waals surface area contributed by atoms with Crippen molar-refractivity contribution in [2.24, 2.45) is 5.11 Å². The minimum Gasteiger partial charge on any atom is -0.472 e. The van der Waals surface area contributed by atoms with Gasteiger partial charge in [-0.05, 0) is 12.5 Å². The summed E-state index contributed by atoms with van der Waals surface area (Å²) in [5, 5.41) is 3.13. The third-order valence-corrected chi connectivity index (χ3v) is 1.07. The van der Waals surface area contributed by atoms with Crippen LogP contribution in [0.1, 0.15) is 6.92 Å². The van der Waals surface area contributed by atoms with Gasteiger partial charge in [-0.25, -0.2) is 5.53 Å². The summed E-state index contributed by atoms with van der Waals surface area (Å²) in [6, 6.07) is 0. The summed E-state index contributed by atoms with van der Waals surface area (Å²) in [6.45, 7) is 2.53. The zero-order valence-electron chi connectivity index (χ0n) is 5.22. The molecule has 1 N–H and O–H groups in total. The summed E-state index contributed by atoms with van der Waals surface area (Å²) in [5.41, 5.74) is 7.72. The van der Waals surface area contributed by atoms with E-state index in [0.29, 0.717) is 12.5 Å². The minimum absolute atomic E-state index is 0.389. The quantitative estimate of drug-likeness (QED) is 0.532. The zero-order valence-corrected chi connectivity index (χ0v) is 5.22. The standard InChI is InChI=1S/C6H8N2O/c1-5-2-3-6(8-7)9-4-5/h2-3,7H,4H2,1H3. The van der Waals surface area contributed by atoms with Crippen molar-refractivity contribution in [3.63, 3.8) is 0 Å². The van der Waals surface area contributed by atoms with E-state index in [4.69, 9.17) is 10.3 Å². The van der Waals surface area contributed by atoms with Crippen molar-refractivity contribution in [2.75, 3.05) is 6.61 Å². The van der Waals surface area contributed by atoms with Gasteiger partial charge in [0.15, 0.2) is 0 Å². The molecule has 0 saturated carbocycles. The Balaban J connectivity index is 2.69. The van der Waals surface area contributed by atoms with Crippen molar-refractivity contribution in [1.82, 2.24) is 0 Å². The average Bonchev–Trinajstić information content (AvgIpc) is 1.90. The molecule has 0 atom stereocenters. The van der Waals surface area contributed by atoms with E-state index < -0.39 is 0 Å². The van der Waals surface area contributed by atoms with Crippen molar-refractivity contribution in [3.05, 3.63) is 23.6 Å². The van der Waals surface area contributed by atoms with Crippen molar-refractivity contribution < 1.29 is 4.74 Å². The number of ether oxygens (including phenoxy) is 1. The molecule has 3 heteroatoms. The monoisotopic (exact) mass is 124 g/mol. The molecule has 1 heterocycles. The van der Waals surface area contributed by atoms with Crippen LogP contribution >= 0.6 is 0 Å². The van der Waals surface area contributed by atoms with Gasteiger partial charge in [-0.1, -0.05) is 6.08 Å². The molecule has 9 heavy (non-hydrogen) atoms. The highest BCUT2D eigenvalue weighted by Crippen LogP contribution is 2.09. The van der Waals surface area contributed by atoms with E-state index in [1.807, 2.05) is 13.0 Å². The van der Waals surface area contributed by atoms with Gasteiger partial charge in [-0.15, -0.1) is 5.11 Å². The molecule has 3 nitrogen and oxygen atoms in total. The highest BCUT2D eigenvalue weighted by molar-refractivity contribution is 5.16. The third kappa shape index (κ3) is 1.38. The number of nitrogens with one attached hydrogen (secondary N) is 1. The fourth-order valence-electron chi connectivity index (χ4n) is 0.567. The van der Waals surface area contributed by atoms with Crippen LogP contribution in [0.2, 0.25) is 0 Å². The molecule has 0 amide bonds. The maximum atomic E-state index is 6.57. The first-order valence-corrected chi connectivity index (χ1v) is 2.70. The molecule has 1 aliphatic rings. The van der Waals surface area contributed by atoms with Gasteiger partial charge in [0.25, 0.3) is 0 Å². The molecular formula is C6H8N2O. The predicted molar refractivity (Wildman–Crippen MR) is 32.9 cm³/mol. The van der Waals surface area contributed by atoms with Crippen LogP contribution in [0.4, 0.5) is 0 Å². The van der Waals surface area contributed by atoms with Crippen LogP contribution in [0.3, 0.4) is 0 Å². The minimum atomic E-state index is 0.389. The predicted octanol–water partition coefficient (Wildman–Crippen LogP) is 1.84. The highest BCUT2D eigenvalue weighted by atomic mass is 16.5. The Morgan fingerprint density at radius 1 is 1.67 bits per heavy atom. The first-order chi connectivity index (χ1) is 4.33. The lowest BCUT2D eigenvalue weighted by molar-refractivity contribution is 0.227. The molecule has 0 fully saturated rings. The number of hydrogen-bond donors (Lipinski definition) is 1. The van der Waals surface area contributed by atoms with Crippen molar-refractivity contribution >= 4 is 0 Å². The molecular weight excluding hydrogens is 116 g/mol. The van der Waals surface area contributed by atoms with E-state index in [0.717, 1.165) is 5.57 Å². The molecule has 0 aromatic rings. The summed E-state index contributed by atoms with van der Waals surface area (Å²) in [6.07, 6.45) is 3.59. The van der Waals surface area contributed by atoms with Gasteiger partial charge >= 0.3 is 0 Å². The molecule has 48 valence electrons. The maximum absolute atomic E-state index is 6.57. The van der Waals surface area contributed by atoms with Crippen molar-refractivity contribution in [2.45, 2.75) is 6.92 Å².